The molecule has 2 N–H and O–H groups in total. The number of rotatable bonds is 9. The van der Waals surface area contributed by atoms with E-state index < -0.39 is 10.8 Å². The maximum absolute atomic E-state index is 13.0. The summed E-state index contributed by atoms with van der Waals surface area (Å²) in [6.45, 7) is 3.94. The van der Waals surface area contributed by atoms with Gasteiger partial charge in [0.1, 0.15) is 5.92 Å². The number of non-ortho nitro benzene ring substituents is 1. The Labute approximate surface area is 192 Å². The molecule has 4 rings (SSSR count). The van der Waals surface area contributed by atoms with Crippen molar-refractivity contribution in [2.24, 2.45) is 4.99 Å². The van der Waals surface area contributed by atoms with Crippen LogP contribution in [0, 0.1) is 10.1 Å². The maximum Gasteiger partial charge on any atom is 0.269 e. The standard InChI is InChI=1S/C26H26N4O3/c1-2-3-15-27-17-18-9-11-20(12-10-18)28-25(19-7-5-4-6-8-19)24-22-16-21(30(32)33)13-14-23(22)29-26(24)31/h4-14,16,24,27H,2-3,15,17H2,1H3,(H,29,31). The molecule has 3 aromatic carbocycles. The van der Waals surface area contributed by atoms with Crippen molar-refractivity contribution >= 4 is 28.7 Å². The highest BCUT2D eigenvalue weighted by Crippen LogP contribution is 2.38. The molecule has 1 aliphatic rings. The highest BCUT2D eigenvalue weighted by molar-refractivity contribution is 6.24. The van der Waals surface area contributed by atoms with Gasteiger partial charge in [0, 0.05) is 29.9 Å². The SMILES string of the molecule is CCCCNCc1ccc(N=C(c2ccccc2)C2C(=O)Nc3ccc([N+](=O)[O-])cc32)cc1. The fourth-order valence-electron chi connectivity index (χ4n) is 3.90. The van der Waals surface area contributed by atoms with E-state index in [0.717, 1.165) is 42.7 Å². The Morgan fingerprint density at radius 2 is 1.85 bits per heavy atom. The van der Waals surface area contributed by atoms with Crippen LogP contribution in [0.1, 0.15) is 42.4 Å². The van der Waals surface area contributed by atoms with E-state index in [1.807, 2.05) is 54.6 Å². The molecule has 0 aliphatic carbocycles. The highest BCUT2D eigenvalue weighted by atomic mass is 16.6. The molecular formula is C26H26N4O3. The first-order valence-corrected chi connectivity index (χ1v) is 11.1. The molecule has 7 heteroatoms. The van der Waals surface area contributed by atoms with Crippen molar-refractivity contribution in [1.82, 2.24) is 5.32 Å². The number of fused-ring (bicyclic) bond motifs is 1. The topological polar surface area (TPSA) is 96.6 Å². The first kappa shape index (κ1) is 22.4. The predicted molar refractivity (Wildman–Crippen MR) is 130 cm³/mol. The van der Waals surface area contributed by atoms with Crippen LogP contribution < -0.4 is 10.6 Å². The monoisotopic (exact) mass is 442 g/mol. The van der Waals surface area contributed by atoms with Crippen molar-refractivity contribution in [3.05, 3.63) is 99.6 Å². The number of aliphatic imine (C=N–C) groups is 1. The van der Waals surface area contributed by atoms with Gasteiger partial charge in [-0.15, -0.1) is 0 Å². The minimum absolute atomic E-state index is 0.0532. The third-order valence-corrected chi connectivity index (χ3v) is 5.64. The summed E-state index contributed by atoms with van der Waals surface area (Å²) in [6.07, 6.45) is 2.30. The Balaban J connectivity index is 1.69. The number of hydrogen-bond donors (Lipinski definition) is 2. The van der Waals surface area contributed by atoms with Crippen LogP contribution in [0.3, 0.4) is 0 Å². The molecule has 0 aromatic heterocycles. The number of nitrogens with zero attached hydrogens (tertiary/aromatic N) is 2. The van der Waals surface area contributed by atoms with E-state index in [1.54, 1.807) is 6.07 Å². The number of unbranched alkanes of at least 4 members (excludes halogenated alkanes) is 1. The van der Waals surface area contributed by atoms with Crippen LogP contribution in [-0.4, -0.2) is 23.1 Å². The van der Waals surface area contributed by atoms with Gasteiger partial charge in [-0.05, 0) is 42.3 Å². The lowest BCUT2D eigenvalue weighted by molar-refractivity contribution is -0.384. The summed E-state index contributed by atoms with van der Waals surface area (Å²) in [5.41, 5.74) is 4.32. The Bertz CT molecular complexity index is 1170. The lowest BCUT2D eigenvalue weighted by Crippen LogP contribution is -2.22. The number of amides is 1. The second-order valence-electron chi connectivity index (χ2n) is 8.01. The molecule has 0 radical (unpaired) electrons. The third kappa shape index (κ3) is 5.15. The second kappa shape index (κ2) is 10.2. The lowest BCUT2D eigenvalue weighted by atomic mass is 9.90. The van der Waals surface area contributed by atoms with E-state index in [4.69, 9.17) is 4.99 Å². The quantitative estimate of drug-likeness (QED) is 0.202. The van der Waals surface area contributed by atoms with Gasteiger partial charge in [-0.2, -0.15) is 0 Å². The average Bonchev–Trinajstić information content (AvgIpc) is 3.16. The zero-order valence-electron chi connectivity index (χ0n) is 18.5. The van der Waals surface area contributed by atoms with Gasteiger partial charge in [0.2, 0.25) is 5.91 Å². The molecule has 0 saturated carbocycles. The van der Waals surface area contributed by atoms with Crippen LogP contribution in [0.15, 0.2) is 77.8 Å². The summed E-state index contributed by atoms with van der Waals surface area (Å²) >= 11 is 0. The lowest BCUT2D eigenvalue weighted by Gasteiger charge is -2.14. The minimum atomic E-state index is -0.738. The Kier molecular flexibility index (Phi) is 6.90. The second-order valence-corrected chi connectivity index (χ2v) is 8.01. The number of carbonyl (C=O) groups is 1. The van der Waals surface area contributed by atoms with E-state index in [1.165, 1.54) is 12.1 Å². The third-order valence-electron chi connectivity index (χ3n) is 5.64. The van der Waals surface area contributed by atoms with Gasteiger partial charge in [-0.3, -0.25) is 19.9 Å². The van der Waals surface area contributed by atoms with E-state index in [0.29, 0.717) is 17.0 Å². The molecule has 1 aliphatic heterocycles. The molecule has 1 atom stereocenters. The van der Waals surface area contributed by atoms with Crippen LogP contribution in [0.25, 0.3) is 0 Å². The van der Waals surface area contributed by atoms with Crippen LogP contribution in [-0.2, 0) is 11.3 Å². The van der Waals surface area contributed by atoms with E-state index in [-0.39, 0.29) is 11.6 Å². The molecule has 1 heterocycles. The average molecular weight is 443 g/mol. The zero-order chi connectivity index (χ0) is 23.2. The molecule has 168 valence electrons. The molecule has 0 saturated heterocycles. The van der Waals surface area contributed by atoms with Crippen molar-refractivity contribution in [2.45, 2.75) is 32.2 Å². The Morgan fingerprint density at radius 3 is 2.55 bits per heavy atom. The molecular weight excluding hydrogens is 416 g/mol. The fourth-order valence-corrected chi connectivity index (χ4v) is 3.90. The van der Waals surface area contributed by atoms with Crippen molar-refractivity contribution in [2.75, 3.05) is 11.9 Å². The molecule has 0 spiro atoms. The van der Waals surface area contributed by atoms with Crippen LogP contribution in [0.4, 0.5) is 17.1 Å². The number of benzene rings is 3. The minimum Gasteiger partial charge on any atom is -0.325 e. The number of nitro benzene ring substituents is 1. The van der Waals surface area contributed by atoms with E-state index >= 15 is 0 Å². The molecule has 33 heavy (non-hydrogen) atoms. The van der Waals surface area contributed by atoms with Crippen molar-refractivity contribution in [3.8, 4) is 0 Å². The number of hydrogen-bond acceptors (Lipinski definition) is 5. The summed E-state index contributed by atoms with van der Waals surface area (Å²) < 4.78 is 0. The van der Waals surface area contributed by atoms with Gasteiger partial charge in [0.05, 0.1) is 16.3 Å². The number of carbonyl (C=O) groups excluding carboxylic acids is 1. The number of nitrogens with one attached hydrogen (secondary N) is 2. The molecule has 0 fully saturated rings. The smallest absolute Gasteiger partial charge is 0.269 e. The molecule has 1 unspecified atom stereocenters. The van der Waals surface area contributed by atoms with Crippen LogP contribution >= 0.6 is 0 Å². The van der Waals surface area contributed by atoms with Gasteiger partial charge in [-0.25, -0.2) is 0 Å². The summed E-state index contributed by atoms with van der Waals surface area (Å²) in [5, 5.41) is 17.6. The molecule has 7 nitrogen and oxygen atoms in total. The van der Waals surface area contributed by atoms with Gasteiger partial charge in [0.25, 0.3) is 5.69 Å². The summed E-state index contributed by atoms with van der Waals surface area (Å²) in [5.74, 6) is -0.984. The van der Waals surface area contributed by atoms with Crippen LogP contribution in [0.5, 0.6) is 0 Å². The van der Waals surface area contributed by atoms with Gasteiger partial charge < -0.3 is 10.6 Å². The Hall–Kier alpha value is -3.84. The normalized spacial score (nSPS) is 15.2. The first-order valence-electron chi connectivity index (χ1n) is 11.1. The van der Waals surface area contributed by atoms with Crippen LogP contribution in [0.2, 0.25) is 0 Å². The Morgan fingerprint density at radius 1 is 1.09 bits per heavy atom. The van der Waals surface area contributed by atoms with E-state index in [2.05, 4.69) is 17.6 Å². The largest absolute Gasteiger partial charge is 0.325 e. The van der Waals surface area contributed by atoms with Crippen molar-refractivity contribution in [1.29, 1.82) is 0 Å². The van der Waals surface area contributed by atoms with Crippen molar-refractivity contribution in [3.63, 3.8) is 0 Å². The maximum atomic E-state index is 13.0. The first-order chi connectivity index (χ1) is 16.1. The van der Waals surface area contributed by atoms with Gasteiger partial charge >= 0.3 is 0 Å². The number of anilines is 1. The van der Waals surface area contributed by atoms with Crippen molar-refractivity contribution < 1.29 is 9.72 Å². The van der Waals surface area contributed by atoms with Gasteiger partial charge in [-0.1, -0.05) is 55.8 Å². The van der Waals surface area contributed by atoms with Gasteiger partial charge in [0.15, 0.2) is 0 Å². The predicted octanol–water partition coefficient (Wildman–Crippen LogP) is 5.34. The zero-order valence-corrected chi connectivity index (χ0v) is 18.5. The summed E-state index contributed by atoms with van der Waals surface area (Å²) in [4.78, 5) is 28.7. The molecule has 0 bridgehead atoms. The molecule has 1 amide bonds. The summed E-state index contributed by atoms with van der Waals surface area (Å²) in [7, 11) is 0. The molecule has 3 aromatic rings. The highest BCUT2D eigenvalue weighted by Gasteiger charge is 2.36. The summed E-state index contributed by atoms with van der Waals surface area (Å²) in [6, 6.07) is 21.8. The fraction of sp³-hybridized carbons (Fsp3) is 0.231. The number of nitro groups is 1. The van der Waals surface area contributed by atoms with E-state index in [9.17, 15) is 14.9 Å².